The highest BCUT2D eigenvalue weighted by Gasteiger charge is 2.17. The van der Waals surface area contributed by atoms with Crippen molar-refractivity contribution in [3.8, 4) is 0 Å². The van der Waals surface area contributed by atoms with Crippen molar-refractivity contribution in [2.45, 2.75) is 13.5 Å². The van der Waals surface area contributed by atoms with Gasteiger partial charge in [-0.1, -0.05) is 6.92 Å². The van der Waals surface area contributed by atoms with Crippen LogP contribution in [0.3, 0.4) is 0 Å². The summed E-state index contributed by atoms with van der Waals surface area (Å²) in [5.41, 5.74) is 1.75. The lowest BCUT2D eigenvalue weighted by Gasteiger charge is -2.20. The molecule has 2 N–H and O–H groups in total. The molecule has 1 atom stereocenters. The largest absolute Gasteiger partial charge is 0.481 e. The van der Waals surface area contributed by atoms with Gasteiger partial charge in [0.25, 0.3) is 0 Å². The summed E-state index contributed by atoms with van der Waals surface area (Å²) in [5.74, 6) is -1.51. The van der Waals surface area contributed by atoms with Gasteiger partial charge in [-0.25, -0.2) is 9.78 Å². The number of aliphatic carboxylic acids is 1. The first-order chi connectivity index (χ1) is 9.97. The predicted molar refractivity (Wildman–Crippen MR) is 76.9 cm³/mol. The lowest BCUT2D eigenvalue weighted by Crippen LogP contribution is -2.40. The number of aromatic nitrogens is 2. The zero-order valence-corrected chi connectivity index (χ0v) is 12.0. The lowest BCUT2D eigenvalue weighted by molar-refractivity contribution is -0.141. The summed E-state index contributed by atoms with van der Waals surface area (Å²) < 4.78 is 1.88. The van der Waals surface area contributed by atoms with Crippen LogP contribution < -0.4 is 5.32 Å². The third kappa shape index (κ3) is 3.71. The molecule has 0 spiro atoms. The van der Waals surface area contributed by atoms with E-state index < -0.39 is 11.9 Å². The van der Waals surface area contributed by atoms with Crippen molar-refractivity contribution < 1.29 is 14.7 Å². The number of urea groups is 1. The highest BCUT2D eigenvalue weighted by atomic mass is 16.4. The van der Waals surface area contributed by atoms with E-state index in [0.717, 1.165) is 11.2 Å². The Morgan fingerprint density at radius 1 is 1.48 bits per heavy atom. The second kappa shape index (κ2) is 6.25. The fourth-order valence-corrected chi connectivity index (χ4v) is 1.95. The third-order valence-electron chi connectivity index (χ3n) is 3.22. The van der Waals surface area contributed by atoms with E-state index in [9.17, 15) is 9.59 Å². The highest BCUT2D eigenvalue weighted by Crippen LogP contribution is 2.05. The number of hydrogen-bond donors (Lipinski definition) is 2. The summed E-state index contributed by atoms with van der Waals surface area (Å²) in [6, 6.07) is 3.49. The van der Waals surface area contributed by atoms with Crippen molar-refractivity contribution in [3.63, 3.8) is 0 Å². The van der Waals surface area contributed by atoms with Crippen LogP contribution in [-0.4, -0.2) is 45.0 Å². The van der Waals surface area contributed by atoms with Crippen LogP contribution in [0.1, 0.15) is 12.5 Å². The van der Waals surface area contributed by atoms with E-state index in [1.165, 1.54) is 4.90 Å². The van der Waals surface area contributed by atoms with E-state index in [4.69, 9.17) is 5.11 Å². The quantitative estimate of drug-likeness (QED) is 0.866. The van der Waals surface area contributed by atoms with Crippen LogP contribution in [0.25, 0.3) is 5.65 Å². The Morgan fingerprint density at radius 3 is 2.95 bits per heavy atom. The monoisotopic (exact) mass is 290 g/mol. The molecule has 21 heavy (non-hydrogen) atoms. The molecule has 0 bridgehead atoms. The number of hydrogen-bond acceptors (Lipinski definition) is 3. The molecule has 2 aromatic rings. The number of nitrogens with zero attached hydrogens (tertiary/aromatic N) is 3. The topological polar surface area (TPSA) is 86.9 Å². The summed E-state index contributed by atoms with van der Waals surface area (Å²) in [6.45, 7) is 2.10. The van der Waals surface area contributed by atoms with Gasteiger partial charge in [0.15, 0.2) is 0 Å². The molecule has 7 nitrogen and oxygen atoms in total. The average molecular weight is 290 g/mol. The van der Waals surface area contributed by atoms with Gasteiger partial charge in [0.1, 0.15) is 5.65 Å². The number of amides is 2. The SMILES string of the molecule is CC(CN(C)C(=O)NCc1ccn2ccnc2c1)C(=O)O. The van der Waals surface area contributed by atoms with E-state index >= 15 is 0 Å². The number of carbonyl (C=O) groups excluding carboxylic acids is 1. The summed E-state index contributed by atoms with van der Waals surface area (Å²) >= 11 is 0. The maximum atomic E-state index is 11.9. The molecule has 2 rings (SSSR count). The van der Waals surface area contributed by atoms with E-state index in [-0.39, 0.29) is 12.6 Å². The van der Waals surface area contributed by atoms with Gasteiger partial charge in [0, 0.05) is 38.7 Å². The van der Waals surface area contributed by atoms with Crippen molar-refractivity contribution in [3.05, 3.63) is 36.3 Å². The number of carboxylic acids is 1. The smallest absolute Gasteiger partial charge is 0.317 e. The normalized spacial score (nSPS) is 12.1. The number of pyridine rings is 1. The summed E-state index contributed by atoms with van der Waals surface area (Å²) in [6.07, 6.45) is 5.43. The van der Waals surface area contributed by atoms with E-state index in [2.05, 4.69) is 10.3 Å². The van der Waals surface area contributed by atoms with Crippen molar-refractivity contribution in [1.82, 2.24) is 19.6 Å². The maximum Gasteiger partial charge on any atom is 0.317 e. The Morgan fingerprint density at radius 2 is 2.24 bits per heavy atom. The zero-order valence-electron chi connectivity index (χ0n) is 12.0. The van der Waals surface area contributed by atoms with E-state index in [1.807, 2.05) is 28.9 Å². The lowest BCUT2D eigenvalue weighted by atomic mass is 10.2. The number of imidazole rings is 1. The number of carboxylic acid groups (broad SMARTS) is 1. The summed E-state index contributed by atoms with van der Waals surface area (Å²) in [4.78, 5) is 28.2. The van der Waals surface area contributed by atoms with Crippen LogP contribution in [0, 0.1) is 5.92 Å². The first-order valence-electron chi connectivity index (χ1n) is 6.60. The molecule has 0 saturated carbocycles. The fourth-order valence-electron chi connectivity index (χ4n) is 1.95. The van der Waals surface area contributed by atoms with Crippen molar-refractivity contribution >= 4 is 17.6 Å². The van der Waals surface area contributed by atoms with Crippen molar-refractivity contribution in [1.29, 1.82) is 0 Å². The first-order valence-corrected chi connectivity index (χ1v) is 6.60. The van der Waals surface area contributed by atoms with Gasteiger partial charge < -0.3 is 19.7 Å². The Bertz CT molecular complexity index is 652. The standard InChI is InChI=1S/C14H18N4O3/c1-10(13(19)20)9-17(2)14(21)16-8-11-3-5-18-6-4-15-12(18)7-11/h3-7,10H,8-9H2,1-2H3,(H,16,21)(H,19,20). The molecule has 0 fully saturated rings. The highest BCUT2D eigenvalue weighted by molar-refractivity contribution is 5.75. The molecule has 7 heteroatoms. The van der Waals surface area contributed by atoms with Crippen molar-refractivity contribution in [2.75, 3.05) is 13.6 Å². The molecule has 1 unspecified atom stereocenters. The minimum absolute atomic E-state index is 0.167. The van der Waals surface area contributed by atoms with E-state index in [1.54, 1.807) is 20.2 Å². The Hall–Kier alpha value is -2.57. The zero-order chi connectivity index (χ0) is 15.4. The third-order valence-corrected chi connectivity index (χ3v) is 3.22. The van der Waals surface area contributed by atoms with Gasteiger partial charge in [-0.05, 0) is 17.7 Å². The number of carbonyl (C=O) groups is 2. The van der Waals surface area contributed by atoms with Gasteiger partial charge in [0.05, 0.1) is 5.92 Å². The Balaban J connectivity index is 1.89. The molecule has 0 aliphatic rings. The average Bonchev–Trinajstić information content (AvgIpc) is 2.91. The molecule has 2 amide bonds. The molecule has 0 radical (unpaired) electrons. The Kier molecular flexibility index (Phi) is 4.42. The van der Waals surface area contributed by atoms with Crippen LogP contribution >= 0.6 is 0 Å². The van der Waals surface area contributed by atoms with Crippen molar-refractivity contribution in [2.24, 2.45) is 5.92 Å². The second-order valence-corrected chi connectivity index (χ2v) is 5.01. The fraction of sp³-hybridized carbons (Fsp3) is 0.357. The van der Waals surface area contributed by atoms with Crippen LogP contribution in [0.4, 0.5) is 4.79 Å². The van der Waals surface area contributed by atoms with Crippen LogP contribution in [-0.2, 0) is 11.3 Å². The molecule has 0 aliphatic carbocycles. The van der Waals surface area contributed by atoms with Gasteiger partial charge in [-0.2, -0.15) is 0 Å². The Labute approximate surface area is 122 Å². The molecule has 2 heterocycles. The number of nitrogens with one attached hydrogen (secondary N) is 1. The summed E-state index contributed by atoms with van der Waals surface area (Å²) in [7, 11) is 1.58. The number of rotatable bonds is 5. The first kappa shape index (κ1) is 14.8. The molecule has 112 valence electrons. The summed E-state index contributed by atoms with van der Waals surface area (Å²) in [5, 5.41) is 11.6. The molecular weight excluding hydrogens is 272 g/mol. The molecule has 0 aliphatic heterocycles. The molecular formula is C14H18N4O3. The minimum atomic E-state index is -0.917. The molecule has 0 aromatic carbocycles. The van der Waals surface area contributed by atoms with Gasteiger partial charge in [-0.15, -0.1) is 0 Å². The van der Waals surface area contributed by atoms with E-state index in [0.29, 0.717) is 6.54 Å². The van der Waals surface area contributed by atoms with Gasteiger partial charge in [-0.3, -0.25) is 4.79 Å². The minimum Gasteiger partial charge on any atom is -0.481 e. The van der Waals surface area contributed by atoms with Gasteiger partial charge >= 0.3 is 12.0 Å². The second-order valence-electron chi connectivity index (χ2n) is 5.01. The maximum absolute atomic E-state index is 11.9. The predicted octanol–water partition coefficient (Wildman–Crippen LogP) is 1.20. The molecule has 2 aromatic heterocycles. The number of fused-ring (bicyclic) bond motifs is 1. The van der Waals surface area contributed by atoms with Gasteiger partial charge in [0.2, 0.25) is 0 Å². The van der Waals surface area contributed by atoms with Crippen LogP contribution in [0.15, 0.2) is 30.7 Å². The van der Waals surface area contributed by atoms with Crippen LogP contribution in [0.2, 0.25) is 0 Å². The molecule has 0 saturated heterocycles. The van der Waals surface area contributed by atoms with Crippen LogP contribution in [0.5, 0.6) is 0 Å².